The summed E-state index contributed by atoms with van der Waals surface area (Å²) in [4.78, 5) is 20.8. The highest BCUT2D eigenvalue weighted by molar-refractivity contribution is 5.89. The molecule has 1 saturated heterocycles. The smallest absolute Gasteiger partial charge is 0.369 e. The van der Waals surface area contributed by atoms with E-state index < -0.39 is 11.7 Å². The van der Waals surface area contributed by atoms with E-state index in [1.165, 1.54) is 12.1 Å². The Labute approximate surface area is 176 Å². The number of nitrogens with one attached hydrogen (secondary N) is 1. The second kappa shape index (κ2) is 7.56. The summed E-state index contributed by atoms with van der Waals surface area (Å²) in [5, 5.41) is 4.40. The van der Waals surface area contributed by atoms with Crippen molar-refractivity contribution in [1.82, 2.24) is 14.5 Å². The molecule has 1 atom stereocenters. The Bertz CT molecular complexity index is 1170. The number of aromatic nitrogens is 2. The van der Waals surface area contributed by atoms with Crippen LogP contribution in [0.25, 0.3) is 10.9 Å². The summed E-state index contributed by atoms with van der Waals surface area (Å²) < 4.78 is 40.7. The van der Waals surface area contributed by atoms with Crippen LogP contribution in [0.5, 0.6) is 0 Å². The fourth-order valence-corrected chi connectivity index (χ4v) is 4.44. The van der Waals surface area contributed by atoms with Gasteiger partial charge in [-0.1, -0.05) is 18.2 Å². The summed E-state index contributed by atoms with van der Waals surface area (Å²) in [7, 11) is 0. The second-order valence-corrected chi connectivity index (χ2v) is 8.05. The van der Waals surface area contributed by atoms with E-state index >= 15 is 0 Å². The third-order valence-electron chi connectivity index (χ3n) is 6.01. The number of nitrogens with zero attached hydrogens (tertiary/aromatic N) is 4. The molecule has 31 heavy (non-hydrogen) atoms. The first-order chi connectivity index (χ1) is 14.9. The largest absolute Gasteiger partial charge is 0.416 e. The molecule has 3 aromatic rings. The number of hydrogen-bond donors (Lipinski definition) is 1. The van der Waals surface area contributed by atoms with Crippen LogP contribution in [0.15, 0.2) is 53.3 Å². The van der Waals surface area contributed by atoms with Crippen LogP contribution in [0.1, 0.15) is 5.56 Å². The molecule has 0 saturated carbocycles. The lowest BCUT2D eigenvalue weighted by atomic mass is 10.1. The van der Waals surface area contributed by atoms with E-state index in [0.717, 1.165) is 36.9 Å². The molecule has 0 bridgehead atoms. The molecule has 1 fully saturated rings. The number of halogens is 3. The standard InChI is InChI=1S/C22H22F3N5O/c23-22(24,25)15-4-3-5-17(12-15)29-10-8-28(9-11-29)13-16-14-30-20(26-16)18-6-1-2-7-19(18)27-21(30)31/h1-7,12,16,26H,8-11,13-14H2. The van der Waals surface area contributed by atoms with Crippen LogP contribution in [-0.2, 0) is 12.7 Å². The van der Waals surface area contributed by atoms with Crippen LogP contribution < -0.4 is 15.9 Å². The number of anilines is 2. The van der Waals surface area contributed by atoms with Crippen molar-refractivity contribution in [2.24, 2.45) is 0 Å². The van der Waals surface area contributed by atoms with Crippen molar-refractivity contribution in [2.45, 2.75) is 18.8 Å². The maximum Gasteiger partial charge on any atom is 0.416 e. The summed E-state index contributed by atoms with van der Waals surface area (Å²) >= 11 is 0. The topological polar surface area (TPSA) is 53.4 Å². The van der Waals surface area contributed by atoms with Gasteiger partial charge in [-0.3, -0.25) is 9.47 Å². The van der Waals surface area contributed by atoms with Gasteiger partial charge in [-0.25, -0.2) is 4.79 Å². The van der Waals surface area contributed by atoms with Crippen molar-refractivity contribution in [3.63, 3.8) is 0 Å². The summed E-state index contributed by atoms with van der Waals surface area (Å²) in [6, 6.07) is 13.2. The number of benzene rings is 2. The number of piperazine rings is 1. The van der Waals surface area contributed by atoms with Crippen molar-refractivity contribution in [3.8, 4) is 0 Å². The molecule has 6 nitrogen and oxygen atoms in total. The van der Waals surface area contributed by atoms with Crippen LogP contribution in [0.3, 0.4) is 0 Å². The van der Waals surface area contributed by atoms with Gasteiger partial charge in [0, 0.05) is 43.8 Å². The van der Waals surface area contributed by atoms with Crippen molar-refractivity contribution < 1.29 is 13.2 Å². The highest BCUT2D eigenvalue weighted by Gasteiger charge is 2.31. The number of alkyl halides is 3. The van der Waals surface area contributed by atoms with Crippen LogP contribution in [0.2, 0.25) is 0 Å². The van der Waals surface area contributed by atoms with Gasteiger partial charge in [0.1, 0.15) is 5.82 Å². The van der Waals surface area contributed by atoms with Crippen molar-refractivity contribution >= 4 is 22.4 Å². The zero-order valence-corrected chi connectivity index (χ0v) is 16.8. The maximum absolute atomic E-state index is 13.0. The van der Waals surface area contributed by atoms with E-state index in [0.29, 0.717) is 30.8 Å². The molecular weight excluding hydrogens is 407 g/mol. The van der Waals surface area contributed by atoms with Crippen LogP contribution >= 0.6 is 0 Å². The van der Waals surface area contributed by atoms with E-state index in [4.69, 9.17) is 0 Å². The number of hydrogen-bond acceptors (Lipinski definition) is 5. The fraction of sp³-hybridized carbons (Fsp3) is 0.364. The van der Waals surface area contributed by atoms with Gasteiger partial charge in [0.25, 0.3) is 0 Å². The maximum atomic E-state index is 13.0. The molecule has 0 spiro atoms. The zero-order valence-electron chi connectivity index (χ0n) is 16.8. The Morgan fingerprint density at radius 2 is 1.81 bits per heavy atom. The van der Waals surface area contributed by atoms with Gasteiger partial charge >= 0.3 is 11.9 Å². The Hall–Kier alpha value is -3.07. The molecule has 1 aromatic heterocycles. The SMILES string of the molecule is O=c1nc2ccccc2c2n1CC(CN1CCN(c3cccc(C(F)(F)F)c3)CC1)N2. The summed E-state index contributed by atoms with van der Waals surface area (Å²) in [5.41, 5.74) is 0.413. The molecule has 162 valence electrons. The predicted molar refractivity (Wildman–Crippen MR) is 114 cm³/mol. The van der Waals surface area contributed by atoms with E-state index in [2.05, 4.69) is 15.2 Å². The van der Waals surface area contributed by atoms with Gasteiger partial charge in [0.2, 0.25) is 0 Å². The van der Waals surface area contributed by atoms with E-state index in [-0.39, 0.29) is 11.7 Å². The summed E-state index contributed by atoms with van der Waals surface area (Å²) in [5.74, 6) is 0.809. The lowest BCUT2D eigenvalue weighted by Crippen LogP contribution is -2.49. The average Bonchev–Trinajstić information content (AvgIpc) is 3.19. The van der Waals surface area contributed by atoms with E-state index in [1.54, 1.807) is 10.6 Å². The fourth-order valence-electron chi connectivity index (χ4n) is 4.44. The number of rotatable bonds is 3. The Morgan fingerprint density at radius 3 is 2.58 bits per heavy atom. The lowest BCUT2D eigenvalue weighted by Gasteiger charge is -2.37. The Morgan fingerprint density at radius 1 is 1.03 bits per heavy atom. The molecule has 0 amide bonds. The van der Waals surface area contributed by atoms with Crippen LogP contribution in [0, 0.1) is 0 Å². The molecule has 2 aromatic carbocycles. The quantitative estimate of drug-likeness (QED) is 0.694. The van der Waals surface area contributed by atoms with E-state index in [1.807, 2.05) is 29.2 Å². The van der Waals surface area contributed by atoms with Gasteiger partial charge < -0.3 is 10.2 Å². The molecule has 2 aliphatic rings. The lowest BCUT2D eigenvalue weighted by molar-refractivity contribution is -0.137. The average molecular weight is 429 g/mol. The Balaban J connectivity index is 1.23. The van der Waals surface area contributed by atoms with Gasteiger partial charge in [-0.15, -0.1) is 0 Å². The van der Waals surface area contributed by atoms with Crippen LogP contribution in [0.4, 0.5) is 24.7 Å². The normalized spacial score (nSPS) is 19.5. The van der Waals surface area contributed by atoms with Gasteiger partial charge in [-0.2, -0.15) is 18.2 Å². The highest BCUT2D eigenvalue weighted by atomic mass is 19.4. The third-order valence-corrected chi connectivity index (χ3v) is 6.01. The van der Waals surface area contributed by atoms with Gasteiger partial charge in [-0.05, 0) is 30.3 Å². The first kappa shape index (κ1) is 19.9. The van der Waals surface area contributed by atoms with E-state index in [9.17, 15) is 18.0 Å². The molecule has 0 radical (unpaired) electrons. The summed E-state index contributed by atoms with van der Waals surface area (Å²) in [6.45, 7) is 4.12. The molecule has 0 aliphatic carbocycles. The minimum atomic E-state index is -4.34. The first-order valence-corrected chi connectivity index (χ1v) is 10.3. The molecule has 9 heteroatoms. The molecule has 5 rings (SSSR count). The van der Waals surface area contributed by atoms with Gasteiger partial charge in [0.05, 0.1) is 23.7 Å². The molecular formula is C22H22F3N5O. The second-order valence-electron chi connectivity index (χ2n) is 8.05. The highest BCUT2D eigenvalue weighted by Crippen LogP contribution is 2.32. The van der Waals surface area contributed by atoms with Crippen molar-refractivity contribution in [1.29, 1.82) is 0 Å². The van der Waals surface area contributed by atoms with Gasteiger partial charge in [0.15, 0.2) is 0 Å². The molecule has 3 heterocycles. The monoisotopic (exact) mass is 429 g/mol. The minimum absolute atomic E-state index is 0.0837. The summed E-state index contributed by atoms with van der Waals surface area (Å²) in [6.07, 6.45) is -4.34. The zero-order chi connectivity index (χ0) is 21.6. The molecule has 2 aliphatic heterocycles. The molecule has 1 N–H and O–H groups in total. The Kier molecular flexibility index (Phi) is 4.85. The first-order valence-electron chi connectivity index (χ1n) is 10.3. The molecule has 1 unspecified atom stereocenters. The third kappa shape index (κ3) is 3.85. The number of para-hydroxylation sites is 1. The van der Waals surface area contributed by atoms with Crippen molar-refractivity contribution in [3.05, 3.63) is 64.6 Å². The van der Waals surface area contributed by atoms with Crippen molar-refractivity contribution in [2.75, 3.05) is 42.9 Å². The predicted octanol–water partition coefficient (Wildman–Crippen LogP) is 3.03. The van der Waals surface area contributed by atoms with Crippen LogP contribution in [-0.4, -0.2) is 53.2 Å². The number of fused-ring (bicyclic) bond motifs is 3. The minimum Gasteiger partial charge on any atom is -0.369 e.